The van der Waals surface area contributed by atoms with Gasteiger partial charge in [0.15, 0.2) is 0 Å². The summed E-state index contributed by atoms with van der Waals surface area (Å²) in [6.07, 6.45) is 3.72. The number of rotatable bonds is 8. The van der Waals surface area contributed by atoms with Crippen LogP contribution >= 0.6 is 0 Å². The highest BCUT2D eigenvalue weighted by molar-refractivity contribution is 5.95. The van der Waals surface area contributed by atoms with Crippen LogP contribution in [0.5, 0.6) is 5.75 Å². The number of ether oxygens (including phenoxy) is 1. The summed E-state index contributed by atoms with van der Waals surface area (Å²) in [4.78, 5) is 10.7. The molecular formula is C16H19NO4. The molecule has 0 aliphatic heterocycles. The second-order valence-electron chi connectivity index (χ2n) is 4.87. The van der Waals surface area contributed by atoms with Crippen molar-refractivity contribution in [1.82, 2.24) is 0 Å². The highest BCUT2D eigenvalue weighted by Crippen LogP contribution is 2.32. The van der Waals surface area contributed by atoms with Crippen LogP contribution in [0, 0.1) is 10.1 Å². The van der Waals surface area contributed by atoms with Crippen molar-refractivity contribution in [2.24, 2.45) is 0 Å². The fraction of sp³-hybridized carbons (Fsp3) is 0.375. The molecular weight excluding hydrogens is 270 g/mol. The number of nitro groups is 1. The summed E-state index contributed by atoms with van der Waals surface area (Å²) in [7, 11) is 0. The average Bonchev–Trinajstić information content (AvgIpc) is 2.50. The molecule has 0 unspecified atom stereocenters. The zero-order chi connectivity index (χ0) is 15.1. The Hall–Kier alpha value is -2.14. The molecule has 2 aromatic rings. The molecule has 21 heavy (non-hydrogen) atoms. The summed E-state index contributed by atoms with van der Waals surface area (Å²) in [5.74, 6) is 0.679. The molecule has 0 radical (unpaired) electrons. The smallest absolute Gasteiger partial charge is 0.277 e. The Balaban J connectivity index is 2.07. The first-order valence-electron chi connectivity index (χ1n) is 7.14. The van der Waals surface area contributed by atoms with E-state index in [9.17, 15) is 10.1 Å². The van der Waals surface area contributed by atoms with Gasteiger partial charge < -0.3 is 9.84 Å². The quantitative estimate of drug-likeness (QED) is 0.457. The van der Waals surface area contributed by atoms with Gasteiger partial charge in [0, 0.05) is 18.1 Å². The first-order valence-corrected chi connectivity index (χ1v) is 7.14. The van der Waals surface area contributed by atoms with Gasteiger partial charge in [-0.05, 0) is 31.4 Å². The van der Waals surface area contributed by atoms with Crippen molar-refractivity contribution in [3.63, 3.8) is 0 Å². The Morgan fingerprint density at radius 1 is 1.00 bits per heavy atom. The van der Waals surface area contributed by atoms with Crippen LogP contribution in [0.4, 0.5) is 5.69 Å². The summed E-state index contributed by atoms with van der Waals surface area (Å²) in [6.45, 7) is 0.807. The number of aliphatic hydroxyl groups is 1. The Morgan fingerprint density at radius 2 is 1.71 bits per heavy atom. The molecule has 112 valence electrons. The molecule has 0 saturated heterocycles. The molecule has 0 atom stereocenters. The van der Waals surface area contributed by atoms with Gasteiger partial charge in [0.05, 0.1) is 16.9 Å². The normalized spacial score (nSPS) is 10.7. The third kappa shape index (κ3) is 3.92. The third-order valence-corrected chi connectivity index (χ3v) is 3.37. The number of non-ortho nitro benzene ring substituents is 1. The standard InChI is InChI=1S/C16H19NO4/c18-11-5-1-2-6-12-21-16-10-9-15(17(19)20)13-7-3-4-8-14(13)16/h3-4,7-10,18H,1-2,5-6,11-12H2. The van der Waals surface area contributed by atoms with Crippen molar-refractivity contribution in [2.75, 3.05) is 13.2 Å². The Morgan fingerprint density at radius 3 is 2.43 bits per heavy atom. The van der Waals surface area contributed by atoms with Crippen molar-refractivity contribution < 1.29 is 14.8 Å². The Bertz CT molecular complexity index is 612. The summed E-state index contributed by atoms with van der Waals surface area (Å²) < 4.78 is 5.75. The number of fused-ring (bicyclic) bond motifs is 1. The molecule has 0 fully saturated rings. The summed E-state index contributed by atoms with van der Waals surface area (Å²) in [5.41, 5.74) is 0.0981. The number of benzene rings is 2. The largest absolute Gasteiger partial charge is 0.493 e. The van der Waals surface area contributed by atoms with Gasteiger partial charge in [0.25, 0.3) is 5.69 Å². The van der Waals surface area contributed by atoms with Gasteiger partial charge in [-0.1, -0.05) is 24.6 Å². The lowest BCUT2D eigenvalue weighted by Gasteiger charge is -2.09. The first kappa shape index (κ1) is 15.3. The molecule has 0 amide bonds. The van der Waals surface area contributed by atoms with E-state index in [0.717, 1.165) is 31.1 Å². The van der Waals surface area contributed by atoms with Gasteiger partial charge in [-0.25, -0.2) is 0 Å². The van der Waals surface area contributed by atoms with Crippen LogP contribution in [0.25, 0.3) is 10.8 Å². The molecule has 2 rings (SSSR count). The van der Waals surface area contributed by atoms with E-state index in [2.05, 4.69) is 0 Å². The van der Waals surface area contributed by atoms with Gasteiger partial charge in [-0.3, -0.25) is 10.1 Å². The fourth-order valence-electron chi connectivity index (χ4n) is 2.29. The molecule has 0 aliphatic carbocycles. The van der Waals surface area contributed by atoms with E-state index >= 15 is 0 Å². The second kappa shape index (κ2) is 7.59. The van der Waals surface area contributed by atoms with Crippen molar-refractivity contribution >= 4 is 16.5 Å². The zero-order valence-electron chi connectivity index (χ0n) is 11.8. The van der Waals surface area contributed by atoms with E-state index in [4.69, 9.17) is 9.84 Å². The number of hydrogen-bond acceptors (Lipinski definition) is 4. The molecule has 0 heterocycles. The van der Waals surface area contributed by atoms with E-state index in [-0.39, 0.29) is 17.2 Å². The van der Waals surface area contributed by atoms with Gasteiger partial charge in [-0.2, -0.15) is 0 Å². The molecule has 0 aliphatic rings. The summed E-state index contributed by atoms with van der Waals surface area (Å²) in [5, 5.41) is 21.1. The monoisotopic (exact) mass is 289 g/mol. The van der Waals surface area contributed by atoms with Crippen molar-refractivity contribution in [2.45, 2.75) is 25.7 Å². The number of nitrogens with zero attached hydrogens (tertiary/aromatic N) is 1. The van der Waals surface area contributed by atoms with E-state index < -0.39 is 0 Å². The molecule has 0 aromatic heterocycles. The van der Waals surface area contributed by atoms with Gasteiger partial charge in [0.1, 0.15) is 5.75 Å². The lowest BCUT2D eigenvalue weighted by atomic mass is 10.1. The summed E-state index contributed by atoms with van der Waals surface area (Å²) in [6, 6.07) is 10.4. The minimum Gasteiger partial charge on any atom is -0.493 e. The molecule has 5 nitrogen and oxygen atoms in total. The maximum absolute atomic E-state index is 11.0. The Labute approximate surface area is 123 Å². The van der Waals surface area contributed by atoms with Crippen molar-refractivity contribution in [3.8, 4) is 5.75 Å². The molecule has 5 heteroatoms. The first-order chi connectivity index (χ1) is 10.2. The molecule has 0 bridgehead atoms. The average molecular weight is 289 g/mol. The SMILES string of the molecule is O=[N+]([O-])c1ccc(OCCCCCCO)c2ccccc12. The van der Waals surface area contributed by atoms with Crippen LogP contribution in [0.3, 0.4) is 0 Å². The van der Waals surface area contributed by atoms with Crippen molar-refractivity contribution in [1.29, 1.82) is 0 Å². The van der Waals surface area contributed by atoms with Crippen LogP contribution in [0.2, 0.25) is 0 Å². The van der Waals surface area contributed by atoms with Crippen LogP contribution in [0.1, 0.15) is 25.7 Å². The van der Waals surface area contributed by atoms with Crippen LogP contribution in [0.15, 0.2) is 36.4 Å². The van der Waals surface area contributed by atoms with Gasteiger partial charge >= 0.3 is 0 Å². The number of unbranched alkanes of at least 4 members (excludes halogenated alkanes) is 3. The van der Waals surface area contributed by atoms with Gasteiger partial charge in [-0.15, -0.1) is 0 Å². The van der Waals surface area contributed by atoms with E-state index in [0.29, 0.717) is 17.7 Å². The molecule has 0 saturated carbocycles. The number of aliphatic hydroxyl groups excluding tert-OH is 1. The number of hydrogen-bond donors (Lipinski definition) is 1. The minimum absolute atomic E-state index is 0.0981. The number of nitro benzene ring substituents is 1. The van der Waals surface area contributed by atoms with E-state index in [1.807, 2.05) is 12.1 Å². The fourth-order valence-corrected chi connectivity index (χ4v) is 2.29. The molecule has 1 N–H and O–H groups in total. The van der Waals surface area contributed by atoms with Crippen LogP contribution in [-0.4, -0.2) is 23.2 Å². The maximum Gasteiger partial charge on any atom is 0.277 e. The highest BCUT2D eigenvalue weighted by Gasteiger charge is 2.14. The highest BCUT2D eigenvalue weighted by atomic mass is 16.6. The van der Waals surface area contributed by atoms with Crippen LogP contribution < -0.4 is 4.74 Å². The predicted octanol–water partition coefficient (Wildman–Crippen LogP) is 3.68. The topological polar surface area (TPSA) is 72.6 Å². The van der Waals surface area contributed by atoms with Gasteiger partial charge in [0.2, 0.25) is 0 Å². The predicted molar refractivity (Wildman–Crippen MR) is 81.7 cm³/mol. The van der Waals surface area contributed by atoms with E-state index in [1.54, 1.807) is 18.2 Å². The zero-order valence-corrected chi connectivity index (χ0v) is 11.8. The van der Waals surface area contributed by atoms with Crippen LogP contribution in [-0.2, 0) is 0 Å². The lowest BCUT2D eigenvalue weighted by Crippen LogP contribution is -1.99. The molecule has 0 spiro atoms. The van der Waals surface area contributed by atoms with E-state index in [1.165, 1.54) is 6.07 Å². The summed E-state index contributed by atoms with van der Waals surface area (Å²) >= 11 is 0. The second-order valence-corrected chi connectivity index (χ2v) is 4.87. The Kier molecular flexibility index (Phi) is 5.51. The lowest BCUT2D eigenvalue weighted by molar-refractivity contribution is -0.383. The molecule has 2 aromatic carbocycles. The van der Waals surface area contributed by atoms with Crippen molar-refractivity contribution in [3.05, 3.63) is 46.5 Å². The maximum atomic E-state index is 11.0. The minimum atomic E-state index is -0.374. The third-order valence-electron chi connectivity index (χ3n) is 3.37.